The average Bonchev–Trinajstić information content (AvgIpc) is 3.00. The monoisotopic (exact) mass is 346 g/mol. The summed E-state index contributed by atoms with van der Waals surface area (Å²) in [6, 6.07) is 7.78. The Labute approximate surface area is 150 Å². The minimum atomic E-state index is -0.838. The van der Waals surface area contributed by atoms with Crippen LogP contribution < -0.4 is 5.32 Å². The van der Waals surface area contributed by atoms with Crippen molar-refractivity contribution in [3.63, 3.8) is 0 Å². The molecule has 2 rings (SSSR count). The van der Waals surface area contributed by atoms with Crippen molar-refractivity contribution in [3.8, 4) is 0 Å². The van der Waals surface area contributed by atoms with Crippen molar-refractivity contribution < 1.29 is 14.7 Å². The van der Waals surface area contributed by atoms with E-state index in [0.717, 1.165) is 12.0 Å². The van der Waals surface area contributed by atoms with Gasteiger partial charge >= 0.3 is 5.97 Å². The van der Waals surface area contributed by atoms with E-state index in [9.17, 15) is 14.7 Å². The molecular formula is C20H30N2O3. The highest BCUT2D eigenvalue weighted by Crippen LogP contribution is 2.24. The Morgan fingerprint density at radius 2 is 1.76 bits per heavy atom. The number of aliphatic carboxylic acids is 1. The van der Waals surface area contributed by atoms with Crippen LogP contribution in [0.15, 0.2) is 24.3 Å². The van der Waals surface area contributed by atoms with E-state index in [0.29, 0.717) is 18.9 Å². The van der Waals surface area contributed by atoms with E-state index in [-0.39, 0.29) is 24.4 Å². The molecule has 1 heterocycles. The molecule has 0 aliphatic carbocycles. The molecule has 1 amide bonds. The fourth-order valence-corrected chi connectivity index (χ4v) is 3.42. The lowest BCUT2D eigenvalue weighted by Gasteiger charge is -2.26. The molecule has 0 aromatic heterocycles. The van der Waals surface area contributed by atoms with Gasteiger partial charge in [-0.3, -0.25) is 14.5 Å². The van der Waals surface area contributed by atoms with Crippen molar-refractivity contribution >= 4 is 11.9 Å². The van der Waals surface area contributed by atoms with Gasteiger partial charge in [-0.1, -0.05) is 52.0 Å². The van der Waals surface area contributed by atoms with Crippen LogP contribution in [-0.2, 0) is 9.59 Å². The maximum atomic E-state index is 12.5. The Hall–Kier alpha value is -1.88. The molecule has 1 aliphatic rings. The van der Waals surface area contributed by atoms with Crippen molar-refractivity contribution in [3.05, 3.63) is 35.4 Å². The molecular weight excluding hydrogens is 316 g/mol. The third kappa shape index (κ3) is 5.05. The van der Waals surface area contributed by atoms with E-state index in [2.05, 4.69) is 57.3 Å². The second kappa shape index (κ2) is 8.48. The number of nitrogens with one attached hydrogen (secondary N) is 1. The highest BCUT2D eigenvalue weighted by Gasteiger charge is 2.32. The van der Waals surface area contributed by atoms with E-state index in [1.165, 1.54) is 5.56 Å². The molecule has 0 saturated carbocycles. The van der Waals surface area contributed by atoms with Gasteiger partial charge in [0.05, 0.1) is 12.6 Å². The zero-order valence-corrected chi connectivity index (χ0v) is 15.7. The van der Waals surface area contributed by atoms with Crippen molar-refractivity contribution in [2.24, 2.45) is 5.92 Å². The zero-order valence-electron chi connectivity index (χ0n) is 15.7. The molecule has 5 nitrogen and oxygen atoms in total. The smallest absolute Gasteiger partial charge is 0.320 e. The molecule has 2 atom stereocenters. The van der Waals surface area contributed by atoms with Gasteiger partial charge < -0.3 is 10.4 Å². The number of hydrogen-bond donors (Lipinski definition) is 2. The number of hydrogen-bond acceptors (Lipinski definition) is 3. The number of carboxylic acid groups (broad SMARTS) is 1. The number of carbonyl (C=O) groups excluding carboxylic acids is 1. The highest BCUT2D eigenvalue weighted by molar-refractivity contribution is 5.80. The minimum absolute atomic E-state index is 0.0698. The lowest BCUT2D eigenvalue weighted by atomic mass is 9.93. The summed E-state index contributed by atoms with van der Waals surface area (Å²) in [4.78, 5) is 25.5. The van der Waals surface area contributed by atoms with Crippen LogP contribution in [0.4, 0.5) is 0 Å². The number of amides is 1. The molecule has 138 valence electrons. The maximum absolute atomic E-state index is 12.5. The average molecular weight is 346 g/mol. The summed E-state index contributed by atoms with van der Waals surface area (Å²) < 4.78 is 0. The third-order valence-electron chi connectivity index (χ3n) is 4.94. The van der Waals surface area contributed by atoms with Crippen LogP contribution in [-0.4, -0.2) is 41.0 Å². The quantitative estimate of drug-likeness (QED) is 0.796. The second-order valence-corrected chi connectivity index (χ2v) is 7.58. The standard InChI is InChI=1S/C20H30N2O3/c1-13(2)15-7-9-16(10-8-15)19(14(3)4)21-18(23)12-22-11-5-6-17(22)20(24)25/h7-10,13-14,17,19H,5-6,11-12H2,1-4H3,(H,21,23)(H,24,25)/t17-,19?/m0/s1. The number of benzene rings is 1. The van der Waals surface area contributed by atoms with Gasteiger partial charge in [0.1, 0.15) is 6.04 Å². The molecule has 1 aromatic rings. The highest BCUT2D eigenvalue weighted by atomic mass is 16.4. The maximum Gasteiger partial charge on any atom is 0.320 e. The van der Waals surface area contributed by atoms with Crippen molar-refractivity contribution in [2.45, 2.75) is 58.5 Å². The van der Waals surface area contributed by atoms with Gasteiger partial charge in [-0.25, -0.2) is 0 Å². The van der Waals surface area contributed by atoms with Crippen LogP contribution in [0, 0.1) is 5.92 Å². The Morgan fingerprint density at radius 1 is 1.16 bits per heavy atom. The number of nitrogens with zero attached hydrogens (tertiary/aromatic N) is 1. The fourth-order valence-electron chi connectivity index (χ4n) is 3.42. The van der Waals surface area contributed by atoms with E-state index in [1.54, 1.807) is 4.90 Å². The van der Waals surface area contributed by atoms with Gasteiger partial charge in [0.2, 0.25) is 5.91 Å². The van der Waals surface area contributed by atoms with Gasteiger partial charge in [0.15, 0.2) is 0 Å². The molecule has 0 spiro atoms. The fraction of sp³-hybridized carbons (Fsp3) is 0.600. The normalized spacial score (nSPS) is 19.4. The van der Waals surface area contributed by atoms with Crippen molar-refractivity contribution in [1.29, 1.82) is 0 Å². The van der Waals surface area contributed by atoms with Gasteiger partial charge in [-0.05, 0) is 42.3 Å². The van der Waals surface area contributed by atoms with Gasteiger partial charge in [0, 0.05) is 0 Å². The first-order valence-corrected chi connectivity index (χ1v) is 9.15. The Balaban J connectivity index is 2.03. The van der Waals surface area contributed by atoms with Crippen LogP contribution in [0.25, 0.3) is 0 Å². The lowest BCUT2D eigenvalue weighted by molar-refractivity contribution is -0.142. The molecule has 1 aliphatic heterocycles. The van der Waals surface area contributed by atoms with Gasteiger partial charge in [-0.15, -0.1) is 0 Å². The van der Waals surface area contributed by atoms with Gasteiger partial charge in [0.25, 0.3) is 0 Å². The van der Waals surface area contributed by atoms with Crippen LogP contribution in [0.5, 0.6) is 0 Å². The molecule has 1 unspecified atom stereocenters. The van der Waals surface area contributed by atoms with Crippen LogP contribution in [0.1, 0.15) is 63.6 Å². The van der Waals surface area contributed by atoms with E-state index in [4.69, 9.17) is 0 Å². The predicted molar refractivity (Wildman–Crippen MR) is 98.5 cm³/mol. The molecule has 0 bridgehead atoms. The largest absolute Gasteiger partial charge is 0.480 e. The molecule has 5 heteroatoms. The zero-order chi connectivity index (χ0) is 18.6. The predicted octanol–water partition coefficient (Wildman–Crippen LogP) is 3.17. The van der Waals surface area contributed by atoms with Crippen molar-refractivity contribution in [2.75, 3.05) is 13.1 Å². The van der Waals surface area contributed by atoms with E-state index in [1.807, 2.05) is 0 Å². The molecule has 1 fully saturated rings. The molecule has 1 aromatic carbocycles. The summed E-state index contributed by atoms with van der Waals surface area (Å²) in [5.41, 5.74) is 2.36. The van der Waals surface area contributed by atoms with Crippen LogP contribution in [0.2, 0.25) is 0 Å². The van der Waals surface area contributed by atoms with Crippen LogP contribution >= 0.6 is 0 Å². The first-order valence-electron chi connectivity index (χ1n) is 9.15. The Bertz CT molecular complexity index is 595. The van der Waals surface area contributed by atoms with Crippen molar-refractivity contribution in [1.82, 2.24) is 10.2 Å². The summed E-state index contributed by atoms with van der Waals surface area (Å²) in [6.45, 7) is 9.29. The summed E-state index contributed by atoms with van der Waals surface area (Å²) >= 11 is 0. The first-order chi connectivity index (χ1) is 11.8. The molecule has 1 saturated heterocycles. The summed E-state index contributed by atoms with van der Waals surface area (Å²) in [5, 5.41) is 12.3. The van der Waals surface area contributed by atoms with E-state index >= 15 is 0 Å². The first kappa shape index (κ1) is 19.4. The van der Waals surface area contributed by atoms with Gasteiger partial charge in [-0.2, -0.15) is 0 Å². The van der Waals surface area contributed by atoms with E-state index < -0.39 is 12.0 Å². The minimum Gasteiger partial charge on any atom is -0.480 e. The summed E-state index contributed by atoms with van der Waals surface area (Å²) in [7, 11) is 0. The topological polar surface area (TPSA) is 69.6 Å². The summed E-state index contributed by atoms with van der Waals surface area (Å²) in [5.74, 6) is -0.221. The molecule has 2 N–H and O–H groups in total. The third-order valence-corrected chi connectivity index (χ3v) is 4.94. The number of rotatable bonds is 7. The SMILES string of the molecule is CC(C)c1ccc(C(NC(=O)CN2CCC[C@H]2C(=O)O)C(C)C)cc1. The number of likely N-dealkylation sites (tertiary alicyclic amines) is 1. The summed E-state index contributed by atoms with van der Waals surface area (Å²) in [6.07, 6.45) is 1.45. The molecule has 25 heavy (non-hydrogen) atoms. The van der Waals surface area contributed by atoms with Crippen LogP contribution in [0.3, 0.4) is 0 Å². The molecule has 0 radical (unpaired) electrons. The number of carbonyl (C=O) groups is 2. The lowest BCUT2D eigenvalue weighted by Crippen LogP contribution is -2.44. The Kier molecular flexibility index (Phi) is 6.59. The second-order valence-electron chi connectivity index (χ2n) is 7.58. The Morgan fingerprint density at radius 3 is 2.28 bits per heavy atom. The number of carboxylic acids is 1.